The maximum absolute atomic E-state index is 11.8. The number of aromatic nitrogens is 1. The van der Waals surface area contributed by atoms with Crippen LogP contribution in [-0.2, 0) is 4.74 Å². The van der Waals surface area contributed by atoms with Gasteiger partial charge in [0, 0.05) is 9.86 Å². The number of ether oxygens (including phenoxy) is 1. The summed E-state index contributed by atoms with van der Waals surface area (Å²) in [5, 5.41) is 0.756. The van der Waals surface area contributed by atoms with Crippen molar-refractivity contribution in [3.8, 4) is 0 Å². The molecule has 0 aliphatic carbocycles. The number of esters is 1. The molecule has 0 saturated carbocycles. The van der Waals surface area contributed by atoms with Crippen molar-refractivity contribution in [2.75, 3.05) is 12.3 Å². The predicted octanol–water partition coefficient (Wildman–Crippen LogP) is 3.06. The van der Waals surface area contributed by atoms with E-state index in [4.69, 9.17) is 10.5 Å². The largest absolute Gasteiger partial charge is 0.462 e. The monoisotopic (exact) mass is 308 g/mol. The van der Waals surface area contributed by atoms with Crippen molar-refractivity contribution in [2.24, 2.45) is 0 Å². The van der Waals surface area contributed by atoms with E-state index in [9.17, 15) is 4.79 Å². The van der Waals surface area contributed by atoms with Gasteiger partial charge in [-0.25, -0.2) is 4.79 Å². The number of nitrogens with zero attached hydrogens (tertiary/aromatic N) is 1. The highest BCUT2D eigenvalue weighted by atomic mass is 79.9. The topological polar surface area (TPSA) is 65.2 Å². The van der Waals surface area contributed by atoms with E-state index in [1.54, 1.807) is 13.8 Å². The van der Waals surface area contributed by atoms with Crippen LogP contribution >= 0.6 is 15.9 Å². The third-order valence-corrected chi connectivity index (χ3v) is 3.14. The highest BCUT2D eigenvalue weighted by Gasteiger charge is 2.18. The average Bonchev–Trinajstić information content (AvgIpc) is 2.28. The zero-order valence-electron chi connectivity index (χ0n) is 10.2. The summed E-state index contributed by atoms with van der Waals surface area (Å²) in [4.78, 5) is 16.2. The molecule has 0 unspecified atom stereocenters. The van der Waals surface area contributed by atoms with Crippen LogP contribution in [-0.4, -0.2) is 17.6 Å². The van der Waals surface area contributed by atoms with Gasteiger partial charge in [-0.3, -0.25) is 4.98 Å². The molecule has 0 atom stereocenters. The van der Waals surface area contributed by atoms with Crippen LogP contribution in [0.2, 0.25) is 0 Å². The first-order valence-electron chi connectivity index (χ1n) is 5.57. The third-order valence-electron chi connectivity index (χ3n) is 2.65. The van der Waals surface area contributed by atoms with Crippen molar-refractivity contribution in [3.63, 3.8) is 0 Å². The van der Waals surface area contributed by atoms with Crippen LogP contribution in [0, 0.1) is 6.92 Å². The molecule has 0 amide bonds. The lowest BCUT2D eigenvalue weighted by Gasteiger charge is -2.11. The van der Waals surface area contributed by atoms with Crippen LogP contribution in [0.1, 0.15) is 23.0 Å². The summed E-state index contributed by atoms with van der Waals surface area (Å²) in [6.07, 6.45) is 0. The van der Waals surface area contributed by atoms with Crippen molar-refractivity contribution in [2.45, 2.75) is 13.8 Å². The Morgan fingerprint density at radius 2 is 2.22 bits per heavy atom. The average molecular weight is 309 g/mol. The number of nitrogen functional groups attached to an aromatic ring is 1. The number of carbonyl (C=O) groups is 1. The second kappa shape index (κ2) is 4.94. The zero-order chi connectivity index (χ0) is 13.3. The molecule has 2 rings (SSSR count). The summed E-state index contributed by atoms with van der Waals surface area (Å²) >= 11 is 3.38. The Balaban J connectivity index is 2.69. The van der Waals surface area contributed by atoms with E-state index in [-0.39, 0.29) is 0 Å². The first-order chi connectivity index (χ1) is 8.54. The molecule has 0 fully saturated rings. The molecule has 5 heteroatoms. The van der Waals surface area contributed by atoms with Gasteiger partial charge in [0.15, 0.2) is 0 Å². The molecule has 94 valence electrons. The first-order valence-corrected chi connectivity index (χ1v) is 6.36. The van der Waals surface area contributed by atoms with Gasteiger partial charge >= 0.3 is 5.97 Å². The number of nitrogens with two attached hydrogens (primary N) is 1. The molecule has 2 aromatic rings. The van der Waals surface area contributed by atoms with Crippen LogP contribution in [0.4, 0.5) is 5.69 Å². The molecule has 1 heterocycles. The highest BCUT2D eigenvalue weighted by molar-refractivity contribution is 9.10. The molecule has 0 aliphatic rings. The quantitative estimate of drug-likeness (QED) is 0.866. The fourth-order valence-electron chi connectivity index (χ4n) is 1.85. The van der Waals surface area contributed by atoms with Crippen LogP contribution in [0.3, 0.4) is 0 Å². The molecule has 4 nitrogen and oxygen atoms in total. The number of anilines is 1. The molecule has 0 saturated heterocycles. The molecule has 1 aromatic heterocycles. The molecule has 1 aromatic carbocycles. The molecule has 0 aliphatic heterocycles. The Morgan fingerprint density at radius 3 is 2.89 bits per heavy atom. The molecular formula is C13H13BrN2O2. The minimum absolute atomic E-state index is 0.316. The number of hydrogen-bond acceptors (Lipinski definition) is 4. The summed E-state index contributed by atoms with van der Waals surface area (Å²) in [6.45, 7) is 3.83. The molecule has 0 bridgehead atoms. The van der Waals surface area contributed by atoms with Gasteiger partial charge in [0.2, 0.25) is 0 Å². The van der Waals surface area contributed by atoms with Gasteiger partial charge in [-0.15, -0.1) is 0 Å². The zero-order valence-corrected chi connectivity index (χ0v) is 11.7. The second-order valence-corrected chi connectivity index (χ2v) is 4.78. The van der Waals surface area contributed by atoms with E-state index in [0.717, 1.165) is 15.4 Å². The van der Waals surface area contributed by atoms with Gasteiger partial charge in [-0.05, 0) is 32.0 Å². The second-order valence-electron chi connectivity index (χ2n) is 3.87. The van der Waals surface area contributed by atoms with E-state index >= 15 is 0 Å². The smallest absolute Gasteiger partial charge is 0.342 e. The van der Waals surface area contributed by atoms with Crippen molar-refractivity contribution < 1.29 is 9.53 Å². The van der Waals surface area contributed by atoms with E-state index in [0.29, 0.717) is 23.6 Å². The van der Waals surface area contributed by atoms with Crippen LogP contribution < -0.4 is 5.73 Å². The molecule has 18 heavy (non-hydrogen) atoms. The van der Waals surface area contributed by atoms with Gasteiger partial charge in [-0.2, -0.15) is 0 Å². The number of rotatable bonds is 2. The standard InChI is InChI=1S/C13H13BrN2O2/c1-3-18-13(17)11-7(2)16-10-6-8(14)4-5-9(10)12(11)15/h4-6H,3H2,1-2H3,(H2,15,16). The molecule has 0 spiro atoms. The maximum Gasteiger partial charge on any atom is 0.342 e. The third kappa shape index (κ3) is 2.18. The van der Waals surface area contributed by atoms with Crippen molar-refractivity contribution in [1.29, 1.82) is 0 Å². The molecule has 0 radical (unpaired) electrons. The fraction of sp³-hybridized carbons (Fsp3) is 0.231. The summed E-state index contributed by atoms with van der Waals surface area (Å²) in [7, 11) is 0. The maximum atomic E-state index is 11.8. The predicted molar refractivity (Wildman–Crippen MR) is 74.5 cm³/mol. The summed E-state index contributed by atoms with van der Waals surface area (Å²) in [5.74, 6) is -0.426. The lowest BCUT2D eigenvalue weighted by atomic mass is 10.1. The Bertz CT molecular complexity index is 626. The van der Waals surface area contributed by atoms with Gasteiger partial charge in [0.25, 0.3) is 0 Å². The van der Waals surface area contributed by atoms with E-state index in [1.807, 2.05) is 18.2 Å². The number of fused-ring (bicyclic) bond motifs is 1. The SMILES string of the molecule is CCOC(=O)c1c(C)nc2cc(Br)ccc2c1N. The number of pyridine rings is 1. The van der Waals surface area contributed by atoms with Crippen LogP contribution in [0.25, 0.3) is 10.9 Å². The Morgan fingerprint density at radius 1 is 1.50 bits per heavy atom. The van der Waals surface area contributed by atoms with Crippen molar-refractivity contribution in [1.82, 2.24) is 4.98 Å². The van der Waals surface area contributed by atoms with Crippen molar-refractivity contribution in [3.05, 3.63) is 33.9 Å². The molecule has 2 N–H and O–H groups in total. The summed E-state index contributed by atoms with van der Waals surface area (Å²) < 4.78 is 5.92. The van der Waals surface area contributed by atoms with E-state index in [1.165, 1.54) is 0 Å². The van der Waals surface area contributed by atoms with E-state index in [2.05, 4.69) is 20.9 Å². The van der Waals surface area contributed by atoms with Crippen LogP contribution in [0.5, 0.6) is 0 Å². The van der Waals surface area contributed by atoms with Crippen molar-refractivity contribution >= 4 is 38.5 Å². The first kappa shape index (κ1) is 12.8. The normalized spacial score (nSPS) is 10.6. The van der Waals surface area contributed by atoms with Gasteiger partial charge in [-0.1, -0.05) is 15.9 Å². The van der Waals surface area contributed by atoms with E-state index < -0.39 is 5.97 Å². The Hall–Kier alpha value is -1.62. The number of benzene rings is 1. The van der Waals surface area contributed by atoms with Gasteiger partial charge in [0.1, 0.15) is 5.56 Å². The minimum atomic E-state index is -0.426. The number of aryl methyl sites for hydroxylation is 1. The lowest BCUT2D eigenvalue weighted by molar-refractivity contribution is 0.0526. The Labute approximate surface area is 113 Å². The number of carbonyl (C=O) groups excluding carboxylic acids is 1. The Kier molecular flexibility index (Phi) is 3.52. The minimum Gasteiger partial charge on any atom is -0.462 e. The van der Waals surface area contributed by atoms with Gasteiger partial charge in [0.05, 0.1) is 23.5 Å². The van der Waals surface area contributed by atoms with Crippen LogP contribution in [0.15, 0.2) is 22.7 Å². The molecular weight excluding hydrogens is 296 g/mol. The number of halogens is 1. The number of hydrogen-bond donors (Lipinski definition) is 1. The fourth-order valence-corrected chi connectivity index (χ4v) is 2.20. The van der Waals surface area contributed by atoms with Gasteiger partial charge < -0.3 is 10.5 Å². The summed E-state index contributed by atoms with van der Waals surface area (Å²) in [5.41, 5.74) is 8.16. The summed E-state index contributed by atoms with van der Waals surface area (Å²) in [6, 6.07) is 5.57. The lowest BCUT2D eigenvalue weighted by Crippen LogP contribution is -2.11. The highest BCUT2D eigenvalue weighted by Crippen LogP contribution is 2.28.